The lowest BCUT2D eigenvalue weighted by Gasteiger charge is -2.20. The van der Waals surface area contributed by atoms with Crippen LogP contribution in [0.5, 0.6) is 0 Å². The molecule has 0 aliphatic rings. The number of halogens is 2. The number of hydrogen-bond donors (Lipinski definition) is 2. The van der Waals surface area contributed by atoms with Gasteiger partial charge in [0.1, 0.15) is 11.6 Å². The highest BCUT2D eigenvalue weighted by molar-refractivity contribution is 5.97. The van der Waals surface area contributed by atoms with Crippen LogP contribution in [0.3, 0.4) is 0 Å². The molecule has 1 aromatic carbocycles. The largest absolute Gasteiger partial charge is 0.409 e. The number of oxime groups is 1. The molecular weight excluding hydrogens is 244 g/mol. The zero-order chi connectivity index (χ0) is 13.7. The van der Waals surface area contributed by atoms with Gasteiger partial charge in [-0.1, -0.05) is 5.16 Å². The van der Waals surface area contributed by atoms with Gasteiger partial charge in [0.05, 0.1) is 6.54 Å². The molecule has 0 fully saturated rings. The van der Waals surface area contributed by atoms with E-state index in [4.69, 9.17) is 10.9 Å². The number of benzene rings is 1. The van der Waals surface area contributed by atoms with Crippen molar-refractivity contribution in [2.45, 2.75) is 6.92 Å². The molecule has 1 aromatic rings. The minimum atomic E-state index is -0.835. The Morgan fingerprint density at radius 3 is 2.39 bits per heavy atom. The summed E-state index contributed by atoms with van der Waals surface area (Å²) in [6.45, 7) is 1.80. The molecule has 1 amide bonds. The highest BCUT2D eigenvalue weighted by atomic mass is 19.1. The fraction of sp³-hybridized carbons (Fsp3) is 0.273. The first-order chi connectivity index (χ1) is 8.47. The summed E-state index contributed by atoms with van der Waals surface area (Å²) in [7, 11) is 0. The molecule has 0 aromatic heterocycles. The molecule has 98 valence electrons. The van der Waals surface area contributed by atoms with E-state index in [9.17, 15) is 13.6 Å². The van der Waals surface area contributed by atoms with Crippen LogP contribution in [-0.4, -0.2) is 34.9 Å². The molecule has 0 spiro atoms. The van der Waals surface area contributed by atoms with Crippen LogP contribution in [0, 0.1) is 11.6 Å². The molecule has 3 N–H and O–H groups in total. The van der Waals surface area contributed by atoms with Crippen molar-refractivity contribution >= 4 is 11.7 Å². The minimum absolute atomic E-state index is 0.121. The summed E-state index contributed by atoms with van der Waals surface area (Å²) in [5.74, 6) is -2.43. The van der Waals surface area contributed by atoms with Crippen molar-refractivity contribution in [2.24, 2.45) is 10.9 Å². The van der Waals surface area contributed by atoms with Gasteiger partial charge in [0.25, 0.3) is 5.91 Å². The van der Waals surface area contributed by atoms with Gasteiger partial charge in [-0.05, 0) is 19.1 Å². The molecule has 0 unspecified atom stereocenters. The van der Waals surface area contributed by atoms with Crippen LogP contribution >= 0.6 is 0 Å². The fourth-order valence-corrected chi connectivity index (χ4v) is 1.41. The number of carbonyl (C=O) groups is 1. The highest BCUT2D eigenvalue weighted by Crippen LogP contribution is 2.10. The Bertz CT molecular complexity index is 457. The third-order valence-corrected chi connectivity index (χ3v) is 2.26. The Morgan fingerprint density at radius 2 is 1.94 bits per heavy atom. The number of hydrogen-bond acceptors (Lipinski definition) is 3. The number of carbonyl (C=O) groups excluding carboxylic acids is 1. The van der Waals surface area contributed by atoms with Crippen molar-refractivity contribution in [1.82, 2.24) is 4.90 Å². The second-order valence-corrected chi connectivity index (χ2v) is 3.57. The second-order valence-electron chi connectivity index (χ2n) is 3.57. The number of likely N-dealkylation sites (N-methyl/N-ethyl adjacent to an activating group) is 1. The van der Waals surface area contributed by atoms with Crippen LogP contribution in [-0.2, 0) is 0 Å². The third kappa shape index (κ3) is 3.41. The first-order valence-electron chi connectivity index (χ1n) is 5.19. The van der Waals surface area contributed by atoms with E-state index in [2.05, 4.69) is 5.16 Å². The van der Waals surface area contributed by atoms with E-state index in [-0.39, 0.29) is 24.5 Å². The van der Waals surface area contributed by atoms with E-state index >= 15 is 0 Å². The first kappa shape index (κ1) is 13.9. The van der Waals surface area contributed by atoms with E-state index in [0.29, 0.717) is 6.07 Å². The van der Waals surface area contributed by atoms with Gasteiger partial charge in [0.2, 0.25) is 0 Å². The smallest absolute Gasteiger partial charge is 0.254 e. The van der Waals surface area contributed by atoms with Crippen molar-refractivity contribution in [1.29, 1.82) is 0 Å². The van der Waals surface area contributed by atoms with Gasteiger partial charge in [0.15, 0.2) is 5.84 Å². The molecule has 0 aliphatic heterocycles. The summed E-state index contributed by atoms with van der Waals surface area (Å²) in [5.41, 5.74) is 5.16. The molecule has 0 saturated carbocycles. The molecule has 18 heavy (non-hydrogen) atoms. The molecule has 0 atom stereocenters. The van der Waals surface area contributed by atoms with Crippen LogP contribution < -0.4 is 5.73 Å². The molecular formula is C11H13F2N3O2. The van der Waals surface area contributed by atoms with Crippen molar-refractivity contribution < 1.29 is 18.8 Å². The number of nitrogens with zero attached hydrogens (tertiary/aromatic N) is 2. The summed E-state index contributed by atoms with van der Waals surface area (Å²) in [5, 5.41) is 11.2. The van der Waals surface area contributed by atoms with Gasteiger partial charge in [0, 0.05) is 18.2 Å². The van der Waals surface area contributed by atoms with E-state index in [1.54, 1.807) is 6.92 Å². The number of nitrogens with two attached hydrogens (primary N) is 1. The lowest BCUT2D eigenvalue weighted by molar-refractivity contribution is 0.0785. The van der Waals surface area contributed by atoms with Gasteiger partial charge in [-0.3, -0.25) is 4.79 Å². The molecule has 7 heteroatoms. The highest BCUT2D eigenvalue weighted by Gasteiger charge is 2.17. The molecule has 0 radical (unpaired) electrons. The van der Waals surface area contributed by atoms with Crippen LogP contribution in [0.25, 0.3) is 0 Å². The van der Waals surface area contributed by atoms with Gasteiger partial charge >= 0.3 is 0 Å². The zero-order valence-electron chi connectivity index (χ0n) is 9.73. The predicted molar refractivity (Wildman–Crippen MR) is 61.3 cm³/mol. The number of amides is 1. The average Bonchev–Trinajstić information content (AvgIpc) is 2.33. The average molecular weight is 257 g/mol. The summed E-state index contributed by atoms with van der Waals surface area (Å²) in [6.07, 6.45) is 0. The van der Waals surface area contributed by atoms with Crippen molar-refractivity contribution in [2.75, 3.05) is 13.1 Å². The van der Waals surface area contributed by atoms with Crippen molar-refractivity contribution in [3.05, 3.63) is 35.4 Å². The molecule has 5 nitrogen and oxygen atoms in total. The zero-order valence-corrected chi connectivity index (χ0v) is 9.73. The number of rotatable bonds is 4. The maximum atomic E-state index is 13.0. The standard InChI is InChI=1S/C11H13F2N3O2/c1-2-16(6-10(14)15-18)11(17)7-3-8(12)5-9(13)4-7/h3-5,18H,2,6H2,1H3,(H2,14,15). The molecule has 1 rings (SSSR count). The second kappa shape index (κ2) is 5.95. The topological polar surface area (TPSA) is 78.9 Å². The third-order valence-electron chi connectivity index (χ3n) is 2.26. The van der Waals surface area contributed by atoms with Gasteiger partial charge in [-0.15, -0.1) is 0 Å². The lowest BCUT2D eigenvalue weighted by atomic mass is 10.2. The maximum absolute atomic E-state index is 13.0. The molecule has 0 heterocycles. The summed E-state index contributed by atoms with van der Waals surface area (Å²) in [6, 6.07) is 2.54. The fourth-order valence-electron chi connectivity index (χ4n) is 1.41. The molecule has 0 aliphatic carbocycles. The van der Waals surface area contributed by atoms with Crippen LogP contribution in [0.1, 0.15) is 17.3 Å². The molecule has 0 bridgehead atoms. The Kier molecular flexibility index (Phi) is 4.59. The maximum Gasteiger partial charge on any atom is 0.254 e. The molecule has 0 saturated heterocycles. The van der Waals surface area contributed by atoms with Gasteiger partial charge < -0.3 is 15.8 Å². The van der Waals surface area contributed by atoms with Crippen LogP contribution in [0.2, 0.25) is 0 Å². The van der Waals surface area contributed by atoms with E-state index < -0.39 is 17.5 Å². The Hall–Kier alpha value is -2.18. The Labute approximate surface area is 102 Å². The Morgan fingerprint density at radius 1 is 1.39 bits per heavy atom. The lowest BCUT2D eigenvalue weighted by Crippen LogP contribution is -2.38. The Balaban J connectivity index is 2.96. The number of amidine groups is 1. The predicted octanol–water partition coefficient (Wildman–Crippen LogP) is 1.17. The van der Waals surface area contributed by atoms with Crippen LogP contribution in [0.15, 0.2) is 23.4 Å². The summed E-state index contributed by atoms with van der Waals surface area (Å²) >= 11 is 0. The normalized spacial score (nSPS) is 11.4. The SMILES string of the molecule is CCN(CC(N)=NO)C(=O)c1cc(F)cc(F)c1. The first-order valence-corrected chi connectivity index (χ1v) is 5.19. The summed E-state index contributed by atoms with van der Waals surface area (Å²) < 4.78 is 26.0. The quantitative estimate of drug-likeness (QED) is 0.368. The van der Waals surface area contributed by atoms with Crippen molar-refractivity contribution in [3.8, 4) is 0 Å². The van der Waals surface area contributed by atoms with Crippen molar-refractivity contribution in [3.63, 3.8) is 0 Å². The van der Waals surface area contributed by atoms with Gasteiger partial charge in [-0.2, -0.15) is 0 Å². The summed E-state index contributed by atoms with van der Waals surface area (Å²) in [4.78, 5) is 13.1. The van der Waals surface area contributed by atoms with Crippen LogP contribution in [0.4, 0.5) is 8.78 Å². The van der Waals surface area contributed by atoms with E-state index in [1.165, 1.54) is 4.90 Å². The van der Waals surface area contributed by atoms with Gasteiger partial charge in [-0.25, -0.2) is 8.78 Å². The monoisotopic (exact) mass is 257 g/mol. The van der Waals surface area contributed by atoms with E-state index in [1.807, 2.05) is 0 Å². The minimum Gasteiger partial charge on any atom is -0.409 e. The van der Waals surface area contributed by atoms with E-state index in [0.717, 1.165) is 12.1 Å².